The zero-order valence-corrected chi connectivity index (χ0v) is 22.2. The predicted octanol–water partition coefficient (Wildman–Crippen LogP) is 4.82. The zero-order valence-electron chi connectivity index (χ0n) is 22.2. The van der Waals surface area contributed by atoms with E-state index in [4.69, 9.17) is 4.74 Å². The van der Waals surface area contributed by atoms with E-state index in [2.05, 4.69) is 24.1 Å². The number of aryl methyl sites for hydroxylation is 2. The van der Waals surface area contributed by atoms with Gasteiger partial charge in [-0.15, -0.1) is 6.58 Å². The van der Waals surface area contributed by atoms with Gasteiger partial charge in [0, 0.05) is 13.1 Å². The molecular weight excluding hydrogens is 430 g/mol. The number of carbonyl (C=O) groups excluding carboxylic acids is 3. The lowest BCUT2D eigenvalue weighted by Gasteiger charge is -2.36. The summed E-state index contributed by atoms with van der Waals surface area (Å²) in [6, 6.07) is 4.07. The summed E-state index contributed by atoms with van der Waals surface area (Å²) in [4.78, 5) is 41.4. The lowest BCUT2D eigenvalue weighted by atomic mass is 9.92. The number of unbranched alkanes of at least 4 members (excludes halogenated alkanes) is 1. The minimum Gasteiger partial charge on any atom is -0.444 e. The molecule has 0 aromatic heterocycles. The molecule has 0 bridgehead atoms. The molecule has 0 saturated heterocycles. The predicted molar refractivity (Wildman–Crippen MR) is 136 cm³/mol. The number of benzene rings is 1. The molecule has 1 aromatic carbocycles. The van der Waals surface area contributed by atoms with Crippen LogP contribution in [0.5, 0.6) is 0 Å². The van der Waals surface area contributed by atoms with Crippen LogP contribution in [0.15, 0.2) is 30.9 Å². The number of ether oxygens (including phenoxy) is 1. The highest BCUT2D eigenvalue weighted by molar-refractivity contribution is 5.92. The molecule has 2 unspecified atom stereocenters. The molecule has 0 aliphatic heterocycles. The van der Waals surface area contributed by atoms with Crippen LogP contribution in [0.1, 0.15) is 77.1 Å². The maximum absolute atomic E-state index is 13.9. The lowest BCUT2D eigenvalue weighted by molar-refractivity contribution is -0.142. The highest BCUT2D eigenvalue weighted by atomic mass is 16.6. The van der Waals surface area contributed by atoms with Crippen LogP contribution in [0, 0.1) is 19.8 Å². The molecule has 1 rings (SSSR count). The standard InChI is InChI=1S/C27H43N3O4/c1-10-12-16-28-24(31)23(21-19(5)14-13-15-20(21)6)30(17-11-2)25(32)22(18(3)4)29-26(33)34-27(7,8)9/h11,13-15,18,22-23H,2,10,12,16-17H2,1,3-9H3,(H,28,31)(H,29,33). The third-order valence-corrected chi connectivity index (χ3v) is 5.42. The number of hydrogen-bond donors (Lipinski definition) is 2. The molecule has 7 heteroatoms. The fourth-order valence-corrected chi connectivity index (χ4v) is 3.76. The molecule has 0 saturated carbocycles. The first-order valence-corrected chi connectivity index (χ1v) is 12.1. The van der Waals surface area contributed by atoms with Gasteiger partial charge in [0.1, 0.15) is 17.7 Å². The molecule has 7 nitrogen and oxygen atoms in total. The van der Waals surface area contributed by atoms with Gasteiger partial charge >= 0.3 is 6.09 Å². The number of amides is 3. The maximum atomic E-state index is 13.9. The quantitative estimate of drug-likeness (QED) is 0.356. The second kappa shape index (κ2) is 13.2. The summed E-state index contributed by atoms with van der Waals surface area (Å²) in [5.74, 6) is -0.839. The molecule has 0 spiro atoms. The molecule has 2 N–H and O–H groups in total. The van der Waals surface area contributed by atoms with Gasteiger partial charge in [-0.05, 0) is 63.6 Å². The molecular formula is C27H43N3O4. The Bertz CT molecular complexity index is 838. The third-order valence-electron chi connectivity index (χ3n) is 5.42. The van der Waals surface area contributed by atoms with E-state index in [1.165, 1.54) is 4.90 Å². The number of nitrogens with one attached hydrogen (secondary N) is 2. The van der Waals surface area contributed by atoms with Gasteiger partial charge in [-0.3, -0.25) is 9.59 Å². The average Bonchev–Trinajstić information content (AvgIpc) is 2.71. The number of alkyl carbamates (subject to hydrolysis) is 1. The van der Waals surface area contributed by atoms with Crippen LogP contribution in [0.4, 0.5) is 4.79 Å². The Balaban J connectivity index is 3.47. The number of carbonyl (C=O) groups is 3. The van der Waals surface area contributed by atoms with Crippen LogP contribution < -0.4 is 10.6 Å². The summed E-state index contributed by atoms with van der Waals surface area (Å²) in [5.41, 5.74) is 1.92. The van der Waals surface area contributed by atoms with Crippen molar-refractivity contribution in [3.05, 3.63) is 47.5 Å². The number of rotatable bonds is 11. The Labute approximate surface area is 205 Å². The van der Waals surface area contributed by atoms with E-state index < -0.39 is 23.8 Å². The van der Waals surface area contributed by atoms with E-state index in [1.807, 2.05) is 45.9 Å². The summed E-state index contributed by atoms with van der Waals surface area (Å²) in [6.45, 7) is 19.4. The minimum atomic E-state index is -0.870. The van der Waals surface area contributed by atoms with Gasteiger partial charge in [0.25, 0.3) is 0 Å². The van der Waals surface area contributed by atoms with Crippen LogP contribution in [0.3, 0.4) is 0 Å². The molecule has 0 aliphatic carbocycles. The zero-order chi connectivity index (χ0) is 26.1. The number of hydrogen-bond acceptors (Lipinski definition) is 4. The second-order valence-corrected chi connectivity index (χ2v) is 10.00. The van der Waals surface area contributed by atoms with Crippen molar-refractivity contribution in [3.63, 3.8) is 0 Å². The first-order chi connectivity index (χ1) is 15.8. The van der Waals surface area contributed by atoms with Gasteiger partial charge in [0.15, 0.2) is 0 Å². The van der Waals surface area contributed by atoms with E-state index in [1.54, 1.807) is 26.8 Å². The minimum absolute atomic E-state index is 0.150. The molecule has 2 atom stereocenters. The molecule has 0 fully saturated rings. The van der Waals surface area contributed by atoms with Gasteiger partial charge in [-0.25, -0.2) is 4.79 Å². The van der Waals surface area contributed by atoms with Gasteiger partial charge in [-0.1, -0.05) is 51.5 Å². The fraction of sp³-hybridized carbons (Fsp3) is 0.593. The van der Waals surface area contributed by atoms with Gasteiger partial charge < -0.3 is 20.3 Å². The Morgan fingerprint density at radius 3 is 2.21 bits per heavy atom. The van der Waals surface area contributed by atoms with Crippen LogP contribution in [0.2, 0.25) is 0 Å². The normalized spacial score (nSPS) is 13.1. The van der Waals surface area contributed by atoms with E-state index in [-0.39, 0.29) is 24.3 Å². The van der Waals surface area contributed by atoms with Crippen molar-refractivity contribution in [1.29, 1.82) is 0 Å². The SMILES string of the molecule is C=CCN(C(=O)C(NC(=O)OC(C)(C)C)C(C)C)C(C(=O)NCCCC)c1c(C)cccc1C. The smallest absolute Gasteiger partial charge is 0.408 e. The van der Waals surface area contributed by atoms with Crippen molar-refractivity contribution in [2.45, 2.75) is 85.9 Å². The highest BCUT2D eigenvalue weighted by Crippen LogP contribution is 2.29. The Hall–Kier alpha value is -2.83. The first kappa shape index (κ1) is 29.2. The summed E-state index contributed by atoms with van der Waals surface area (Å²) in [7, 11) is 0. The molecule has 1 aromatic rings. The van der Waals surface area contributed by atoms with E-state index >= 15 is 0 Å². The molecule has 3 amide bonds. The lowest BCUT2D eigenvalue weighted by Crippen LogP contribution is -2.55. The Kier molecular flexibility index (Phi) is 11.3. The Morgan fingerprint density at radius 2 is 1.74 bits per heavy atom. The third kappa shape index (κ3) is 8.50. The van der Waals surface area contributed by atoms with Crippen molar-refractivity contribution in [3.8, 4) is 0 Å². The van der Waals surface area contributed by atoms with Gasteiger partial charge in [0.05, 0.1) is 0 Å². The van der Waals surface area contributed by atoms with Crippen LogP contribution in [-0.2, 0) is 14.3 Å². The Morgan fingerprint density at radius 1 is 1.15 bits per heavy atom. The molecule has 0 radical (unpaired) electrons. The maximum Gasteiger partial charge on any atom is 0.408 e. The molecule has 190 valence electrons. The van der Waals surface area contributed by atoms with Crippen LogP contribution in [0.25, 0.3) is 0 Å². The van der Waals surface area contributed by atoms with Crippen LogP contribution >= 0.6 is 0 Å². The van der Waals surface area contributed by atoms with E-state index in [0.29, 0.717) is 6.54 Å². The molecule has 34 heavy (non-hydrogen) atoms. The van der Waals surface area contributed by atoms with Crippen molar-refractivity contribution in [2.24, 2.45) is 5.92 Å². The monoisotopic (exact) mass is 473 g/mol. The van der Waals surface area contributed by atoms with E-state index in [0.717, 1.165) is 29.5 Å². The molecule has 0 heterocycles. The summed E-state index contributed by atoms with van der Waals surface area (Å²) >= 11 is 0. The largest absolute Gasteiger partial charge is 0.444 e. The van der Waals surface area contributed by atoms with Gasteiger partial charge in [-0.2, -0.15) is 0 Å². The topological polar surface area (TPSA) is 87.7 Å². The molecule has 0 aliphatic rings. The van der Waals surface area contributed by atoms with Crippen molar-refractivity contribution >= 4 is 17.9 Å². The highest BCUT2D eigenvalue weighted by Gasteiger charge is 2.38. The first-order valence-electron chi connectivity index (χ1n) is 12.1. The summed E-state index contributed by atoms with van der Waals surface area (Å²) < 4.78 is 5.38. The number of nitrogens with zero attached hydrogens (tertiary/aromatic N) is 1. The van der Waals surface area contributed by atoms with E-state index in [9.17, 15) is 14.4 Å². The average molecular weight is 474 g/mol. The summed E-state index contributed by atoms with van der Waals surface area (Å²) in [6.07, 6.45) is 2.71. The van der Waals surface area contributed by atoms with Crippen molar-refractivity contribution < 1.29 is 19.1 Å². The summed E-state index contributed by atoms with van der Waals surface area (Å²) in [5, 5.41) is 5.71. The van der Waals surface area contributed by atoms with Crippen molar-refractivity contribution in [1.82, 2.24) is 15.5 Å². The van der Waals surface area contributed by atoms with Gasteiger partial charge in [0.2, 0.25) is 11.8 Å². The van der Waals surface area contributed by atoms with Crippen molar-refractivity contribution in [2.75, 3.05) is 13.1 Å². The second-order valence-electron chi connectivity index (χ2n) is 10.00. The fourth-order valence-electron chi connectivity index (χ4n) is 3.76. The van der Waals surface area contributed by atoms with Crippen LogP contribution in [-0.4, -0.2) is 47.5 Å².